The summed E-state index contributed by atoms with van der Waals surface area (Å²) >= 11 is 2.70. The van der Waals surface area contributed by atoms with E-state index in [1.165, 1.54) is 29.2 Å². The fourth-order valence-corrected chi connectivity index (χ4v) is 3.59. The highest BCUT2D eigenvalue weighted by molar-refractivity contribution is 8.00. The number of hydrogen-bond acceptors (Lipinski definition) is 6. The third-order valence-corrected chi connectivity index (χ3v) is 5.10. The normalized spacial score (nSPS) is 11.6. The molecule has 0 spiro atoms. The van der Waals surface area contributed by atoms with E-state index in [-0.39, 0.29) is 0 Å². The number of alkyl halides is 3. The molecule has 0 saturated heterocycles. The Morgan fingerprint density at radius 3 is 2.79 bits per heavy atom. The summed E-state index contributed by atoms with van der Waals surface area (Å²) in [6.07, 6.45) is -2.74. The fourth-order valence-electron chi connectivity index (χ4n) is 1.90. The third kappa shape index (κ3) is 4.51. The van der Waals surface area contributed by atoms with Crippen LogP contribution in [-0.2, 0) is 18.5 Å². The highest BCUT2D eigenvalue weighted by Gasteiger charge is 2.30. The lowest BCUT2D eigenvalue weighted by Crippen LogP contribution is -2.04. The molecule has 1 N–H and O–H groups in total. The van der Waals surface area contributed by atoms with Crippen LogP contribution in [0.1, 0.15) is 16.9 Å². The van der Waals surface area contributed by atoms with E-state index < -0.39 is 11.7 Å². The Morgan fingerprint density at radius 1 is 1.17 bits per heavy atom. The zero-order valence-corrected chi connectivity index (χ0v) is 13.8. The number of nitrogens with one attached hydrogen (secondary N) is 1. The van der Waals surface area contributed by atoms with E-state index >= 15 is 0 Å². The maximum atomic E-state index is 12.7. The van der Waals surface area contributed by atoms with Crippen molar-refractivity contribution in [3.63, 3.8) is 0 Å². The Hall–Kier alpha value is -2.00. The number of nitrogens with zero attached hydrogens (tertiary/aromatic N) is 2. The van der Waals surface area contributed by atoms with Gasteiger partial charge in [-0.1, -0.05) is 41.3 Å². The lowest BCUT2D eigenvalue weighted by Gasteiger charge is -2.07. The second-order valence-electron chi connectivity index (χ2n) is 4.79. The van der Waals surface area contributed by atoms with E-state index in [0.717, 1.165) is 17.9 Å². The van der Waals surface area contributed by atoms with Crippen LogP contribution in [0.25, 0.3) is 0 Å². The van der Waals surface area contributed by atoms with E-state index in [1.54, 1.807) is 18.4 Å². The van der Waals surface area contributed by atoms with Crippen molar-refractivity contribution in [3.05, 3.63) is 59.5 Å². The Labute approximate surface area is 144 Å². The number of anilines is 1. The molecule has 0 bridgehead atoms. The number of hydrogen-bond donors (Lipinski definition) is 1. The molecule has 0 amide bonds. The molecule has 0 aliphatic rings. The van der Waals surface area contributed by atoms with Crippen LogP contribution in [0, 0.1) is 0 Å². The average molecular weight is 371 g/mol. The third-order valence-electron chi connectivity index (χ3n) is 3.02. The highest BCUT2D eigenvalue weighted by Crippen LogP contribution is 2.32. The summed E-state index contributed by atoms with van der Waals surface area (Å²) in [5.41, 5.74) is -0.0474. The molecule has 0 aliphatic carbocycles. The topological polar surface area (TPSA) is 51.0 Å². The van der Waals surface area contributed by atoms with Gasteiger partial charge in [0.1, 0.15) is 5.76 Å². The lowest BCUT2D eigenvalue weighted by atomic mass is 10.1. The smallest absolute Gasteiger partial charge is 0.416 e. The van der Waals surface area contributed by atoms with Crippen molar-refractivity contribution in [3.8, 4) is 0 Å². The summed E-state index contributed by atoms with van der Waals surface area (Å²) in [4.78, 5) is 0. The van der Waals surface area contributed by atoms with E-state index in [9.17, 15) is 13.2 Å². The van der Waals surface area contributed by atoms with E-state index in [1.807, 2.05) is 6.07 Å². The molecule has 0 radical (unpaired) electrons. The molecule has 4 nitrogen and oxygen atoms in total. The molecule has 0 fully saturated rings. The van der Waals surface area contributed by atoms with Gasteiger partial charge in [0.05, 0.1) is 18.4 Å². The monoisotopic (exact) mass is 371 g/mol. The zero-order valence-electron chi connectivity index (χ0n) is 12.2. The Morgan fingerprint density at radius 2 is 2.04 bits per heavy atom. The quantitative estimate of drug-likeness (QED) is 0.614. The Kier molecular flexibility index (Phi) is 5.10. The molecule has 0 saturated carbocycles. The van der Waals surface area contributed by atoms with Crippen LogP contribution in [0.3, 0.4) is 0 Å². The molecule has 2 heterocycles. The highest BCUT2D eigenvalue weighted by atomic mass is 32.2. The minimum absolute atomic E-state index is 0.400. The minimum atomic E-state index is -4.33. The summed E-state index contributed by atoms with van der Waals surface area (Å²) in [5, 5.41) is 11.7. The number of halogens is 3. The van der Waals surface area contributed by atoms with Gasteiger partial charge >= 0.3 is 6.18 Å². The standard InChI is InChI=1S/C15H12F3N3OS2/c16-15(17,18)11-4-1-3-10(7-11)9-23-14-21-20-13(24-14)19-8-12-5-2-6-22-12/h1-7H,8-9H2,(H,19,20). The van der Waals surface area contributed by atoms with Gasteiger partial charge in [0.25, 0.3) is 0 Å². The summed E-state index contributed by atoms with van der Waals surface area (Å²) < 4.78 is 44.0. The number of thioether (sulfide) groups is 1. The SMILES string of the molecule is FC(F)(F)c1cccc(CSc2nnc(NCc3ccco3)s2)c1. The van der Waals surface area contributed by atoms with Crippen LogP contribution in [0.15, 0.2) is 51.4 Å². The molecule has 2 aromatic heterocycles. The molecule has 126 valence electrons. The lowest BCUT2D eigenvalue weighted by molar-refractivity contribution is -0.137. The predicted octanol–water partition coefficient (Wildman–Crippen LogP) is 5.05. The summed E-state index contributed by atoms with van der Waals surface area (Å²) in [6.45, 7) is 0.500. The van der Waals surface area contributed by atoms with Crippen LogP contribution >= 0.6 is 23.1 Å². The van der Waals surface area contributed by atoms with Crippen LogP contribution in [0.4, 0.5) is 18.3 Å². The Bertz CT molecular complexity index is 787. The van der Waals surface area contributed by atoms with Crippen molar-refractivity contribution < 1.29 is 17.6 Å². The van der Waals surface area contributed by atoms with Crippen molar-refractivity contribution in [1.29, 1.82) is 0 Å². The minimum Gasteiger partial charge on any atom is -0.467 e. The molecule has 0 aliphatic heterocycles. The van der Waals surface area contributed by atoms with Crippen molar-refractivity contribution in [2.45, 2.75) is 22.8 Å². The first-order valence-electron chi connectivity index (χ1n) is 6.89. The van der Waals surface area contributed by atoms with Crippen molar-refractivity contribution in [2.24, 2.45) is 0 Å². The maximum Gasteiger partial charge on any atom is 0.416 e. The molecule has 3 rings (SSSR count). The summed E-state index contributed by atoms with van der Waals surface area (Å²) in [5.74, 6) is 1.18. The number of rotatable bonds is 6. The van der Waals surface area contributed by atoms with Crippen LogP contribution in [0.2, 0.25) is 0 Å². The van der Waals surface area contributed by atoms with Crippen molar-refractivity contribution in [2.75, 3.05) is 5.32 Å². The number of furan rings is 1. The Balaban J connectivity index is 1.55. The largest absolute Gasteiger partial charge is 0.467 e. The molecule has 3 aromatic rings. The van der Waals surface area contributed by atoms with Gasteiger partial charge < -0.3 is 9.73 Å². The number of aromatic nitrogens is 2. The first-order valence-corrected chi connectivity index (χ1v) is 8.69. The summed E-state index contributed by atoms with van der Waals surface area (Å²) in [7, 11) is 0. The van der Waals surface area contributed by atoms with Gasteiger partial charge in [0.2, 0.25) is 5.13 Å². The van der Waals surface area contributed by atoms with Gasteiger partial charge in [0, 0.05) is 5.75 Å². The van der Waals surface area contributed by atoms with Gasteiger partial charge in [-0.3, -0.25) is 0 Å². The van der Waals surface area contributed by atoms with Gasteiger partial charge in [0.15, 0.2) is 4.34 Å². The molecular formula is C15H12F3N3OS2. The predicted molar refractivity (Wildman–Crippen MR) is 86.9 cm³/mol. The van der Waals surface area contributed by atoms with Crippen LogP contribution in [-0.4, -0.2) is 10.2 Å². The maximum absolute atomic E-state index is 12.7. The molecule has 24 heavy (non-hydrogen) atoms. The van der Waals surface area contributed by atoms with Gasteiger partial charge in [-0.15, -0.1) is 10.2 Å². The molecule has 1 aromatic carbocycles. The van der Waals surface area contributed by atoms with E-state index in [4.69, 9.17) is 4.42 Å². The summed E-state index contributed by atoms with van der Waals surface area (Å²) in [6, 6.07) is 8.94. The number of benzene rings is 1. The molecule has 9 heteroatoms. The molecular weight excluding hydrogens is 359 g/mol. The van der Waals surface area contributed by atoms with Crippen molar-refractivity contribution in [1.82, 2.24) is 10.2 Å². The second-order valence-corrected chi connectivity index (χ2v) is 6.99. The van der Waals surface area contributed by atoms with E-state index in [0.29, 0.717) is 27.3 Å². The van der Waals surface area contributed by atoms with Crippen LogP contribution in [0.5, 0.6) is 0 Å². The van der Waals surface area contributed by atoms with Crippen LogP contribution < -0.4 is 5.32 Å². The van der Waals surface area contributed by atoms with E-state index in [2.05, 4.69) is 15.5 Å². The average Bonchev–Trinajstić information content (AvgIpc) is 3.22. The first kappa shape index (κ1) is 16.8. The molecule has 0 atom stereocenters. The molecule has 0 unspecified atom stereocenters. The first-order chi connectivity index (χ1) is 11.5. The van der Waals surface area contributed by atoms with Crippen molar-refractivity contribution >= 4 is 28.2 Å². The zero-order chi connectivity index (χ0) is 17.0. The van der Waals surface area contributed by atoms with Gasteiger partial charge in [-0.25, -0.2) is 0 Å². The van der Waals surface area contributed by atoms with Gasteiger partial charge in [-0.2, -0.15) is 13.2 Å². The fraction of sp³-hybridized carbons (Fsp3) is 0.200. The van der Waals surface area contributed by atoms with Gasteiger partial charge in [-0.05, 0) is 23.8 Å². The second kappa shape index (κ2) is 7.27.